The van der Waals surface area contributed by atoms with Crippen LogP contribution in [0.2, 0.25) is 0 Å². The largest absolute Gasteiger partial charge is 0.359 e. The molecule has 2 heterocycles. The highest BCUT2D eigenvalue weighted by molar-refractivity contribution is 5.76. The molecule has 2 N–H and O–H groups in total. The van der Waals surface area contributed by atoms with Gasteiger partial charge in [-0.05, 0) is 70.1 Å². The number of amides is 2. The average molecular weight is 395 g/mol. The Morgan fingerprint density at radius 3 is 1.79 bits per heavy atom. The second-order valence-electron chi connectivity index (χ2n) is 8.59. The average Bonchev–Trinajstić information content (AvgIpc) is 2.74. The van der Waals surface area contributed by atoms with E-state index in [9.17, 15) is 9.59 Å². The lowest BCUT2D eigenvalue weighted by atomic mass is 9.79. The van der Waals surface area contributed by atoms with Gasteiger partial charge in [0.25, 0.3) is 0 Å². The van der Waals surface area contributed by atoms with E-state index in [0.717, 1.165) is 64.1 Å². The predicted octanol–water partition coefficient (Wildman–Crippen LogP) is 2.24. The maximum absolute atomic E-state index is 11.9. The lowest BCUT2D eigenvalue weighted by molar-refractivity contribution is -0.122. The molecule has 162 valence electrons. The smallest absolute Gasteiger partial charge is 0.221 e. The summed E-state index contributed by atoms with van der Waals surface area (Å²) in [6, 6.07) is 0. The third-order valence-electron chi connectivity index (χ3n) is 6.62. The monoisotopic (exact) mass is 394 g/mol. The lowest BCUT2D eigenvalue weighted by Crippen LogP contribution is -2.42. The zero-order valence-corrected chi connectivity index (χ0v) is 18.2. The molecule has 0 bridgehead atoms. The maximum atomic E-state index is 11.9. The highest BCUT2D eigenvalue weighted by Gasteiger charge is 2.29. The van der Waals surface area contributed by atoms with Crippen LogP contribution < -0.4 is 10.6 Å². The standard InChI is InChI=1S/C22H42N4O2/c1-3-4-5-12-24-22(28)11-18-26-15-8-20(9-16-26)19-6-13-25(14-7-19)17-10-21(27)23-2/h19-20H,3-18H2,1-2H3,(H,23,27)(H,24,28). The van der Waals surface area contributed by atoms with Crippen LogP contribution in [0.3, 0.4) is 0 Å². The molecule has 0 radical (unpaired) electrons. The van der Waals surface area contributed by atoms with Crippen LogP contribution in [0.1, 0.15) is 64.7 Å². The third kappa shape index (κ3) is 8.48. The van der Waals surface area contributed by atoms with Gasteiger partial charge in [0, 0.05) is 39.5 Å². The number of unbranched alkanes of at least 4 members (excludes halogenated alkanes) is 2. The molecule has 2 rings (SSSR count). The molecule has 2 saturated heterocycles. The number of nitrogens with one attached hydrogen (secondary N) is 2. The SMILES string of the molecule is CCCCCNC(=O)CCN1CCC(C2CCN(CCC(=O)NC)CC2)CC1. The molecule has 2 aliphatic heterocycles. The van der Waals surface area contributed by atoms with E-state index in [-0.39, 0.29) is 11.8 Å². The Kier molecular flexibility index (Phi) is 10.9. The first kappa shape index (κ1) is 23.1. The van der Waals surface area contributed by atoms with Gasteiger partial charge in [-0.15, -0.1) is 0 Å². The Hall–Kier alpha value is -1.14. The molecule has 0 aromatic carbocycles. The topological polar surface area (TPSA) is 64.7 Å². The van der Waals surface area contributed by atoms with Crippen molar-refractivity contribution in [1.29, 1.82) is 0 Å². The number of carbonyl (C=O) groups excluding carboxylic acids is 2. The molecule has 6 nitrogen and oxygen atoms in total. The van der Waals surface area contributed by atoms with Crippen LogP contribution >= 0.6 is 0 Å². The minimum atomic E-state index is 0.143. The second-order valence-corrected chi connectivity index (χ2v) is 8.59. The van der Waals surface area contributed by atoms with Crippen LogP contribution in [0.25, 0.3) is 0 Å². The van der Waals surface area contributed by atoms with Gasteiger partial charge in [-0.25, -0.2) is 0 Å². The summed E-state index contributed by atoms with van der Waals surface area (Å²) in [5, 5.41) is 5.75. The van der Waals surface area contributed by atoms with Gasteiger partial charge in [0.2, 0.25) is 11.8 Å². The molecule has 0 aromatic rings. The minimum Gasteiger partial charge on any atom is -0.359 e. The first-order valence-electron chi connectivity index (χ1n) is 11.5. The van der Waals surface area contributed by atoms with Crippen LogP contribution in [0.4, 0.5) is 0 Å². The van der Waals surface area contributed by atoms with Gasteiger partial charge in [-0.3, -0.25) is 9.59 Å². The van der Waals surface area contributed by atoms with Crippen molar-refractivity contribution in [3.05, 3.63) is 0 Å². The van der Waals surface area contributed by atoms with Gasteiger partial charge in [-0.1, -0.05) is 19.8 Å². The molecular formula is C22H42N4O2. The minimum absolute atomic E-state index is 0.143. The van der Waals surface area contributed by atoms with Crippen molar-refractivity contribution >= 4 is 11.8 Å². The predicted molar refractivity (Wildman–Crippen MR) is 114 cm³/mol. The molecular weight excluding hydrogens is 352 g/mol. The summed E-state index contributed by atoms with van der Waals surface area (Å²) in [5.74, 6) is 2.05. The fraction of sp³-hybridized carbons (Fsp3) is 0.909. The van der Waals surface area contributed by atoms with Gasteiger partial charge < -0.3 is 20.4 Å². The van der Waals surface area contributed by atoms with E-state index in [1.165, 1.54) is 38.5 Å². The van der Waals surface area contributed by atoms with E-state index in [2.05, 4.69) is 27.4 Å². The molecule has 0 atom stereocenters. The van der Waals surface area contributed by atoms with Crippen molar-refractivity contribution in [2.24, 2.45) is 11.8 Å². The van der Waals surface area contributed by atoms with Crippen molar-refractivity contribution in [2.75, 3.05) is 52.9 Å². The maximum Gasteiger partial charge on any atom is 0.221 e. The van der Waals surface area contributed by atoms with E-state index >= 15 is 0 Å². The van der Waals surface area contributed by atoms with Crippen LogP contribution in [0, 0.1) is 11.8 Å². The number of hydrogen-bond donors (Lipinski definition) is 2. The highest BCUT2D eigenvalue weighted by Crippen LogP contribution is 2.32. The molecule has 0 unspecified atom stereocenters. The zero-order chi connectivity index (χ0) is 20.2. The van der Waals surface area contributed by atoms with E-state index in [0.29, 0.717) is 12.8 Å². The molecule has 2 amide bonds. The Morgan fingerprint density at radius 2 is 1.32 bits per heavy atom. The van der Waals surface area contributed by atoms with Crippen molar-refractivity contribution in [3.8, 4) is 0 Å². The second kappa shape index (κ2) is 13.2. The molecule has 0 spiro atoms. The lowest BCUT2D eigenvalue weighted by Gasteiger charge is -2.40. The van der Waals surface area contributed by atoms with E-state index in [1.54, 1.807) is 7.05 Å². The normalized spacial score (nSPS) is 20.2. The first-order valence-corrected chi connectivity index (χ1v) is 11.5. The van der Waals surface area contributed by atoms with Gasteiger partial charge in [0.15, 0.2) is 0 Å². The number of hydrogen-bond acceptors (Lipinski definition) is 4. The van der Waals surface area contributed by atoms with Crippen molar-refractivity contribution < 1.29 is 9.59 Å². The summed E-state index contributed by atoms with van der Waals surface area (Å²) in [7, 11) is 1.71. The number of nitrogens with zero attached hydrogens (tertiary/aromatic N) is 2. The zero-order valence-electron chi connectivity index (χ0n) is 18.2. The molecule has 6 heteroatoms. The summed E-state index contributed by atoms with van der Waals surface area (Å²) in [6.45, 7) is 9.38. The summed E-state index contributed by atoms with van der Waals surface area (Å²) in [4.78, 5) is 28.3. The Labute approximate surface area is 171 Å². The van der Waals surface area contributed by atoms with Crippen molar-refractivity contribution in [1.82, 2.24) is 20.4 Å². The fourth-order valence-electron chi connectivity index (χ4n) is 4.63. The van der Waals surface area contributed by atoms with E-state index in [4.69, 9.17) is 0 Å². The molecule has 0 aliphatic carbocycles. The van der Waals surface area contributed by atoms with Gasteiger partial charge in [0.1, 0.15) is 0 Å². The fourth-order valence-corrected chi connectivity index (χ4v) is 4.63. The number of likely N-dealkylation sites (tertiary alicyclic amines) is 2. The van der Waals surface area contributed by atoms with Crippen LogP contribution in [0.15, 0.2) is 0 Å². The summed E-state index contributed by atoms with van der Waals surface area (Å²) >= 11 is 0. The molecule has 2 fully saturated rings. The summed E-state index contributed by atoms with van der Waals surface area (Å²) in [6.07, 6.45) is 9.85. The van der Waals surface area contributed by atoms with E-state index < -0.39 is 0 Å². The van der Waals surface area contributed by atoms with Crippen LogP contribution in [-0.2, 0) is 9.59 Å². The number of rotatable bonds is 11. The van der Waals surface area contributed by atoms with Crippen LogP contribution in [0.5, 0.6) is 0 Å². The molecule has 28 heavy (non-hydrogen) atoms. The van der Waals surface area contributed by atoms with E-state index in [1.807, 2.05) is 0 Å². The molecule has 0 aromatic heterocycles. The quantitative estimate of drug-likeness (QED) is 0.528. The highest BCUT2D eigenvalue weighted by atomic mass is 16.2. The number of carbonyl (C=O) groups is 2. The Balaban J connectivity index is 1.55. The summed E-state index contributed by atoms with van der Waals surface area (Å²) in [5.41, 5.74) is 0. The Bertz CT molecular complexity index is 455. The van der Waals surface area contributed by atoms with Gasteiger partial charge in [-0.2, -0.15) is 0 Å². The van der Waals surface area contributed by atoms with Gasteiger partial charge in [0.05, 0.1) is 0 Å². The van der Waals surface area contributed by atoms with Crippen LogP contribution in [-0.4, -0.2) is 74.5 Å². The molecule has 2 aliphatic rings. The van der Waals surface area contributed by atoms with Crippen molar-refractivity contribution in [2.45, 2.75) is 64.7 Å². The third-order valence-corrected chi connectivity index (χ3v) is 6.62. The van der Waals surface area contributed by atoms with Gasteiger partial charge >= 0.3 is 0 Å². The molecule has 0 saturated carbocycles. The number of piperidine rings is 2. The Morgan fingerprint density at radius 1 is 0.821 bits per heavy atom. The first-order chi connectivity index (χ1) is 13.6. The summed E-state index contributed by atoms with van der Waals surface area (Å²) < 4.78 is 0. The van der Waals surface area contributed by atoms with Crippen molar-refractivity contribution in [3.63, 3.8) is 0 Å².